The second-order valence-corrected chi connectivity index (χ2v) is 4.84. The number of hydrogen-bond acceptors (Lipinski definition) is 3. The summed E-state index contributed by atoms with van der Waals surface area (Å²) in [6.07, 6.45) is 1.20. The van der Waals surface area contributed by atoms with E-state index in [1.807, 2.05) is 24.3 Å². The maximum atomic E-state index is 11.7. The molecule has 1 N–H and O–H groups in total. The Bertz CT molecular complexity index is 583. The molecule has 5 nitrogen and oxygen atoms in total. The predicted molar refractivity (Wildman–Crippen MR) is 78.9 cm³/mol. The number of amides is 1. The second-order valence-electron chi connectivity index (χ2n) is 4.48. The third-order valence-corrected chi connectivity index (χ3v) is 3.29. The molecule has 6 heteroatoms. The number of halogens is 1. The predicted octanol–water partition coefficient (Wildman–Crippen LogP) is 2.23. The Labute approximate surface area is 122 Å². The highest BCUT2D eigenvalue weighted by atomic mass is 35.5. The van der Waals surface area contributed by atoms with Gasteiger partial charge in [0.25, 0.3) is 0 Å². The van der Waals surface area contributed by atoms with Gasteiger partial charge in [-0.25, -0.2) is 0 Å². The fraction of sp³-hybridized carbons (Fsp3) is 0.429. The molecule has 0 bridgehead atoms. The fourth-order valence-electron chi connectivity index (χ4n) is 2.00. The van der Waals surface area contributed by atoms with Crippen LogP contribution in [0.3, 0.4) is 0 Å². The van der Waals surface area contributed by atoms with Crippen LogP contribution >= 0.6 is 11.6 Å². The number of nitrogens with one attached hydrogen (secondary N) is 1. The van der Waals surface area contributed by atoms with Crippen molar-refractivity contribution in [2.45, 2.75) is 19.4 Å². The Hall–Kier alpha value is -1.59. The summed E-state index contributed by atoms with van der Waals surface area (Å²) in [5.41, 5.74) is 0.949. The molecule has 1 aromatic carbocycles. The van der Waals surface area contributed by atoms with E-state index in [1.54, 1.807) is 11.8 Å². The van der Waals surface area contributed by atoms with Gasteiger partial charge < -0.3 is 10.1 Å². The molecule has 0 atom stereocenters. The maximum absolute atomic E-state index is 11.7. The second kappa shape index (κ2) is 7.26. The standard InChI is InChI=1S/C14H18ClN3O2/c1-20-10-4-8-16-13(19)7-9-18-12-6-3-2-5-11(12)14(15)17-18/h2-3,5-6H,4,7-10H2,1H3,(H,16,19). The van der Waals surface area contributed by atoms with Crippen LogP contribution in [-0.4, -0.2) is 35.9 Å². The largest absolute Gasteiger partial charge is 0.385 e. The number of ether oxygens (including phenoxy) is 1. The minimum atomic E-state index is 0.0109. The van der Waals surface area contributed by atoms with Crippen LogP contribution in [0, 0.1) is 0 Å². The Kier molecular flexibility index (Phi) is 5.38. The summed E-state index contributed by atoms with van der Waals surface area (Å²) < 4.78 is 6.69. The van der Waals surface area contributed by atoms with Crippen molar-refractivity contribution in [2.75, 3.05) is 20.3 Å². The lowest BCUT2D eigenvalue weighted by Crippen LogP contribution is -2.26. The molecule has 0 aliphatic carbocycles. The lowest BCUT2D eigenvalue weighted by atomic mass is 10.2. The monoisotopic (exact) mass is 295 g/mol. The van der Waals surface area contributed by atoms with Crippen LogP contribution in [0.2, 0.25) is 5.15 Å². The highest BCUT2D eigenvalue weighted by Crippen LogP contribution is 2.22. The molecular formula is C14H18ClN3O2. The molecule has 0 aliphatic heterocycles. The van der Waals surface area contributed by atoms with Crippen molar-refractivity contribution < 1.29 is 9.53 Å². The number of aromatic nitrogens is 2. The molecule has 2 rings (SSSR count). The summed E-state index contributed by atoms with van der Waals surface area (Å²) in [5.74, 6) is 0.0109. The minimum Gasteiger partial charge on any atom is -0.385 e. The van der Waals surface area contributed by atoms with Crippen molar-refractivity contribution in [3.8, 4) is 0 Å². The van der Waals surface area contributed by atoms with Crippen molar-refractivity contribution in [3.63, 3.8) is 0 Å². The normalized spacial score (nSPS) is 10.9. The number of aryl methyl sites for hydroxylation is 1. The average molecular weight is 296 g/mol. The number of fused-ring (bicyclic) bond motifs is 1. The zero-order valence-electron chi connectivity index (χ0n) is 11.4. The van der Waals surface area contributed by atoms with Crippen LogP contribution in [0.4, 0.5) is 0 Å². The van der Waals surface area contributed by atoms with Crippen LogP contribution in [-0.2, 0) is 16.1 Å². The van der Waals surface area contributed by atoms with Crippen molar-refractivity contribution in [2.24, 2.45) is 0 Å². The van der Waals surface area contributed by atoms with Gasteiger partial charge in [0.2, 0.25) is 5.91 Å². The van der Waals surface area contributed by atoms with Gasteiger partial charge >= 0.3 is 0 Å². The quantitative estimate of drug-likeness (QED) is 0.797. The van der Waals surface area contributed by atoms with Crippen molar-refractivity contribution in [1.29, 1.82) is 0 Å². The van der Waals surface area contributed by atoms with E-state index < -0.39 is 0 Å². The topological polar surface area (TPSA) is 56.1 Å². The van der Waals surface area contributed by atoms with E-state index in [9.17, 15) is 4.79 Å². The van der Waals surface area contributed by atoms with E-state index in [2.05, 4.69) is 10.4 Å². The molecule has 0 aliphatic rings. The molecule has 1 aromatic heterocycles. The smallest absolute Gasteiger partial charge is 0.221 e. The maximum Gasteiger partial charge on any atom is 0.221 e. The van der Waals surface area contributed by atoms with Crippen molar-refractivity contribution in [1.82, 2.24) is 15.1 Å². The first kappa shape index (κ1) is 14.8. The number of para-hydroxylation sites is 1. The Morgan fingerprint density at radius 3 is 3.05 bits per heavy atom. The summed E-state index contributed by atoms with van der Waals surface area (Å²) in [6, 6.07) is 7.72. The van der Waals surface area contributed by atoms with Gasteiger partial charge in [0.05, 0.1) is 12.1 Å². The molecule has 1 heterocycles. The molecule has 0 unspecified atom stereocenters. The summed E-state index contributed by atoms with van der Waals surface area (Å²) in [5, 5.41) is 8.49. The first-order chi connectivity index (χ1) is 9.72. The molecule has 0 fully saturated rings. The van der Waals surface area contributed by atoms with Gasteiger partial charge in [-0.15, -0.1) is 0 Å². The van der Waals surface area contributed by atoms with Gasteiger partial charge in [-0.05, 0) is 18.6 Å². The van der Waals surface area contributed by atoms with E-state index in [0.29, 0.717) is 31.3 Å². The number of methoxy groups -OCH3 is 1. The molecular weight excluding hydrogens is 278 g/mol. The lowest BCUT2D eigenvalue weighted by Gasteiger charge is -2.05. The molecule has 0 saturated carbocycles. The zero-order chi connectivity index (χ0) is 14.4. The summed E-state index contributed by atoms with van der Waals surface area (Å²) in [4.78, 5) is 11.7. The number of carbonyl (C=O) groups excluding carboxylic acids is 1. The van der Waals surface area contributed by atoms with Crippen LogP contribution in [0.1, 0.15) is 12.8 Å². The van der Waals surface area contributed by atoms with Crippen molar-refractivity contribution >= 4 is 28.4 Å². The van der Waals surface area contributed by atoms with E-state index in [1.165, 1.54) is 0 Å². The van der Waals surface area contributed by atoms with E-state index in [0.717, 1.165) is 17.3 Å². The van der Waals surface area contributed by atoms with Gasteiger partial charge in [0.15, 0.2) is 5.15 Å². The number of rotatable bonds is 7. The molecule has 1 amide bonds. The van der Waals surface area contributed by atoms with Gasteiger partial charge in [0, 0.05) is 32.1 Å². The third-order valence-electron chi connectivity index (χ3n) is 3.01. The van der Waals surface area contributed by atoms with Crippen LogP contribution in [0.15, 0.2) is 24.3 Å². The highest BCUT2D eigenvalue weighted by Gasteiger charge is 2.09. The molecule has 2 aromatic rings. The number of hydrogen-bond donors (Lipinski definition) is 1. The Morgan fingerprint density at radius 1 is 1.45 bits per heavy atom. The Morgan fingerprint density at radius 2 is 2.25 bits per heavy atom. The van der Waals surface area contributed by atoms with Gasteiger partial charge in [-0.3, -0.25) is 9.48 Å². The first-order valence-corrected chi connectivity index (χ1v) is 6.97. The first-order valence-electron chi connectivity index (χ1n) is 6.59. The number of carbonyl (C=O) groups is 1. The summed E-state index contributed by atoms with van der Waals surface area (Å²) >= 11 is 6.07. The SMILES string of the molecule is COCCCNC(=O)CCn1nc(Cl)c2ccccc21. The minimum absolute atomic E-state index is 0.0109. The lowest BCUT2D eigenvalue weighted by molar-refractivity contribution is -0.121. The third kappa shape index (κ3) is 3.71. The van der Waals surface area contributed by atoms with Gasteiger partial charge in [-0.1, -0.05) is 23.7 Å². The van der Waals surface area contributed by atoms with E-state index >= 15 is 0 Å². The average Bonchev–Trinajstić information content (AvgIpc) is 2.79. The van der Waals surface area contributed by atoms with Crippen LogP contribution < -0.4 is 5.32 Å². The molecule has 108 valence electrons. The number of benzene rings is 1. The molecule has 0 radical (unpaired) electrons. The zero-order valence-corrected chi connectivity index (χ0v) is 12.2. The van der Waals surface area contributed by atoms with Crippen LogP contribution in [0.5, 0.6) is 0 Å². The molecule has 20 heavy (non-hydrogen) atoms. The van der Waals surface area contributed by atoms with Crippen LogP contribution in [0.25, 0.3) is 10.9 Å². The number of nitrogens with zero attached hydrogens (tertiary/aromatic N) is 2. The van der Waals surface area contributed by atoms with E-state index in [4.69, 9.17) is 16.3 Å². The fourth-order valence-corrected chi connectivity index (χ4v) is 2.25. The van der Waals surface area contributed by atoms with Crippen molar-refractivity contribution in [3.05, 3.63) is 29.4 Å². The van der Waals surface area contributed by atoms with E-state index in [-0.39, 0.29) is 5.91 Å². The summed E-state index contributed by atoms with van der Waals surface area (Å²) in [6.45, 7) is 1.80. The Balaban J connectivity index is 1.88. The molecule has 0 saturated heterocycles. The van der Waals surface area contributed by atoms with Gasteiger partial charge in [-0.2, -0.15) is 5.10 Å². The highest BCUT2D eigenvalue weighted by molar-refractivity contribution is 6.34. The van der Waals surface area contributed by atoms with Gasteiger partial charge in [0.1, 0.15) is 0 Å². The summed E-state index contributed by atoms with van der Waals surface area (Å²) in [7, 11) is 1.65. The molecule has 0 spiro atoms.